The van der Waals surface area contributed by atoms with Gasteiger partial charge in [0.05, 0.1) is 31.8 Å². The molecular weight excluding hydrogens is 284 g/mol. The number of hydrogen-bond donors (Lipinski definition) is 2. The number of hydrogen-bond acceptors (Lipinski definition) is 1. The van der Waals surface area contributed by atoms with Crippen LogP contribution in [0.25, 0.3) is 0 Å². The van der Waals surface area contributed by atoms with E-state index in [-0.39, 0.29) is 5.60 Å². The zero-order valence-corrected chi connectivity index (χ0v) is 15.9. The van der Waals surface area contributed by atoms with E-state index in [1.807, 2.05) is 0 Å². The monoisotopic (exact) mass is 322 g/mol. The van der Waals surface area contributed by atoms with Crippen molar-refractivity contribution < 1.29 is 14.5 Å². The maximum Gasteiger partial charge on any atom is 0.139 e. The molecule has 0 aromatic carbocycles. The molecule has 2 aliphatic rings. The summed E-state index contributed by atoms with van der Waals surface area (Å²) in [7, 11) is 0. The first kappa shape index (κ1) is 18.8. The molecule has 3 heteroatoms. The molecule has 3 atom stereocenters. The lowest BCUT2D eigenvalue weighted by molar-refractivity contribution is -0.906. The first-order chi connectivity index (χ1) is 11.0. The topological polar surface area (TPSA) is 18.1 Å². The van der Waals surface area contributed by atoms with Crippen LogP contribution in [-0.2, 0) is 4.74 Å². The summed E-state index contributed by atoms with van der Waals surface area (Å²) in [5, 5.41) is 0. The van der Waals surface area contributed by atoms with Gasteiger partial charge in [-0.25, -0.2) is 0 Å². The molecule has 0 saturated carbocycles. The van der Waals surface area contributed by atoms with Crippen molar-refractivity contribution in [3.8, 4) is 11.8 Å². The molecule has 1 unspecified atom stereocenters. The molecule has 0 bridgehead atoms. The van der Waals surface area contributed by atoms with E-state index < -0.39 is 0 Å². The fourth-order valence-corrected chi connectivity index (χ4v) is 4.48. The van der Waals surface area contributed by atoms with Crippen LogP contribution in [0.1, 0.15) is 59.8 Å². The first-order valence-electron chi connectivity index (χ1n) is 9.81. The molecule has 1 spiro atoms. The molecule has 3 nitrogen and oxygen atoms in total. The maximum atomic E-state index is 6.09. The van der Waals surface area contributed by atoms with E-state index in [4.69, 9.17) is 4.74 Å². The van der Waals surface area contributed by atoms with Gasteiger partial charge in [0.1, 0.15) is 13.1 Å². The Morgan fingerprint density at radius 3 is 2.61 bits per heavy atom. The van der Waals surface area contributed by atoms with Crippen molar-refractivity contribution in [2.45, 2.75) is 65.4 Å². The van der Waals surface area contributed by atoms with E-state index in [0.29, 0.717) is 5.41 Å². The van der Waals surface area contributed by atoms with E-state index in [0.717, 1.165) is 26.1 Å². The molecule has 132 valence electrons. The van der Waals surface area contributed by atoms with Crippen LogP contribution in [0, 0.1) is 17.3 Å². The number of likely N-dealkylation sites (tertiary alicyclic amines) is 1. The van der Waals surface area contributed by atoms with E-state index in [1.165, 1.54) is 51.9 Å². The molecule has 2 rings (SSSR count). The number of ether oxygens (including phenoxy) is 1. The molecule has 2 aliphatic heterocycles. The smallest absolute Gasteiger partial charge is 0.139 e. The van der Waals surface area contributed by atoms with Crippen molar-refractivity contribution in [2.75, 3.05) is 45.9 Å². The van der Waals surface area contributed by atoms with Gasteiger partial charge in [0.2, 0.25) is 0 Å². The van der Waals surface area contributed by atoms with Gasteiger partial charge in [0.25, 0.3) is 0 Å². The fraction of sp³-hybridized carbons (Fsp3) is 0.900. The standard InChI is InChI=1S/C20H36N2O/c1-5-19(4)17-20(12-16-23-19)11-10-15-22(18-20)14-9-8-13-21(6-2)7-3/h5-7,10-18H2,1-4H3/p+2/t19-,20+/m1/s1. The first-order valence-corrected chi connectivity index (χ1v) is 9.81. The number of rotatable bonds is 5. The SMILES string of the molecule is CC[NH+](CC)CC#CC[NH+]1CCC[C@@]2(CCO[C@](C)(CC)C2)C1. The Labute approximate surface area is 143 Å². The lowest BCUT2D eigenvalue weighted by Gasteiger charge is -2.48. The van der Waals surface area contributed by atoms with E-state index in [1.54, 1.807) is 9.80 Å². The van der Waals surface area contributed by atoms with E-state index >= 15 is 0 Å². The molecule has 0 aliphatic carbocycles. The minimum absolute atomic E-state index is 0.110. The lowest BCUT2D eigenvalue weighted by Crippen LogP contribution is -3.14. The third-order valence-corrected chi connectivity index (χ3v) is 6.24. The summed E-state index contributed by atoms with van der Waals surface area (Å²) in [4.78, 5) is 3.30. The van der Waals surface area contributed by atoms with Crippen LogP contribution in [-0.4, -0.2) is 51.5 Å². The van der Waals surface area contributed by atoms with Crippen molar-refractivity contribution in [1.29, 1.82) is 0 Å². The predicted octanol–water partition coefficient (Wildman–Crippen LogP) is 0.559. The fourth-order valence-electron chi connectivity index (χ4n) is 4.48. The molecule has 2 fully saturated rings. The highest BCUT2D eigenvalue weighted by atomic mass is 16.5. The third-order valence-electron chi connectivity index (χ3n) is 6.24. The van der Waals surface area contributed by atoms with Crippen molar-refractivity contribution in [3.63, 3.8) is 0 Å². The van der Waals surface area contributed by atoms with Crippen molar-refractivity contribution in [1.82, 2.24) is 0 Å². The highest BCUT2D eigenvalue weighted by molar-refractivity contribution is 4.99. The number of piperidine rings is 1. The van der Waals surface area contributed by atoms with Crippen LogP contribution in [0.2, 0.25) is 0 Å². The summed E-state index contributed by atoms with van der Waals surface area (Å²) in [6, 6.07) is 0. The Kier molecular flexibility index (Phi) is 6.95. The van der Waals surface area contributed by atoms with Gasteiger partial charge >= 0.3 is 0 Å². The molecule has 2 N–H and O–H groups in total. The normalized spacial score (nSPS) is 34.4. The highest BCUT2D eigenvalue weighted by Crippen LogP contribution is 2.43. The second kappa shape index (κ2) is 8.51. The Morgan fingerprint density at radius 1 is 1.13 bits per heavy atom. The molecule has 0 aromatic heterocycles. The third kappa shape index (κ3) is 5.21. The number of quaternary nitrogens is 2. The Bertz CT molecular complexity index is 419. The Balaban J connectivity index is 1.87. The zero-order valence-electron chi connectivity index (χ0n) is 15.9. The van der Waals surface area contributed by atoms with Gasteiger partial charge < -0.3 is 14.5 Å². The number of nitrogens with one attached hydrogen (secondary N) is 2. The molecule has 2 heterocycles. The van der Waals surface area contributed by atoms with Crippen LogP contribution in [0.15, 0.2) is 0 Å². The highest BCUT2D eigenvalue weighted by Gasteiger charge is 2.46. The summed E-state index contributed by atoms with van der Waals surface area (Å²) >= 11 is 0. The van der Waals surface area contributed by atoms with Gasteiger partial charge in [0, 0.05) is 12.0 Å². The Hall–Kier alpha value is -0.560. The molecule has 0 amide bonds. The van der Waals surface area contributed by atoms with E-state index in [9.17, 15) is 0 Å². The van der Waals surface area contributed by atoms with Crippen molar-refractivity contribution >= 4 is 0 Å². The van der Waals surface area contributed by atoms with Crippen LogP contribution >= 0.6 is 0 Å². The van der Waals surface area contributed by atoms with Gasteiger partial charge in [-0.1, -0.05) is 6.92 Å². The summed E-state index contributed by atoms with van der Waals surface area (Å²) in [5.41, 5.74) is 0.626. The van der Waals surface area contributed by atoms with E-state index in [2.05, 4.69) is 39.5 Å². The lowest BCUT2D eigenvalue weighted by atomic mass is 9.68. The van der Waals surface area contributed by atoms with Crippen LogP contribution in [0.3, 0.4) is 0 Å². The largest absolute Gasteiger partial charge is 0.375 e. The maximum absolute atomic E-state index is 6.09. The van der Waals surface area contributed by atoms with Gasteiger partial charge in [-0.15, -0.1) is 0 Å². The quantitative estimate of drug-likeness (QED) is 0.708. The molecule has 0 aromatic rings. The predicted molar refractivity (Wildman–Crippen MR) is 95.8 cm³/mol. The summed E-state index contributed by atoms with van der Waals surface area (Å²) in [6.45, 7) is 17.0. The molecule has 23 heavy (non-hydrogen) atoms. The minimum Gasteiger partial charge on any atom is -0.375 e. The van der Waals surface area contributed by atoms with Crippen molar-refractivity contribution in [2.24, 2.45) is 5.41 Å². The minimum atomic E-state index is 0.110. The molecule has 2 saturated heterocycles. The van der Waals surface area contributed by atoms with Gasteiger partial charge in [-0.3, -0.25) is 0 Å². The van der Waals surface area contributed by atoms with Gasteiger partial charge in [-0.2, -0.15) is 0 Å². The summed E-state index contributed by atoms with van der Waals surface area (Å²) < 4.78 is 6.09. The van der Waals surface area contributed by atoms with Crippen LogP contribution < -0.4 is 9.80 Å². The molecular formula is C20H38N2O+2. The van der Waals surface area contributed by atoms with Crippen LogP contribution in [0.4, 0.5) is 0 Å². The van der Waals surface area contributed by atoms with Crippen LogP contribution in [0.5, 0.6) is 0 Å². The average molecular weight is 323 g/mol. The second-order valence-corrected chi connectivity index (χ2v) is 8.02. The summed E-state index contributed by atoms with van der Waals surface area (Å²) in [6.07, 6.45) is 6.39. The zero-order chi connectivity index (χ0) is 16.8. The average Bonchev–Trinajstić information content (AvgIpc) is 2.55. The summed E-state index contributed by atoms with van der Waals surface area (Å²) in [5.74, 6) is 6.89. The Morgan fingerprint density at radius 2 is 1.91 bits per heavy atom. The second-order valence-electron chi connectivity index (χ2n) is 8.02. The van der Waals surface area contributed by atoms with Gasteiger partial charge in [-0.05, 0) is 64.7 Å². The molecule has 0 radical (unpaired) electrons. The van der Waals surface area contributed by atoms with Crippen molar-refractivity contribution in [3.05, 3.63) is 0 Å². The van der Waals surface area contributed by atoms with Gasteiger partial charge in [0.15, 0.2) is 0 Å².